The van der Waals surface area contributed by atoms with Crippen molar-refractivity contribution in [3.63, 3.8) is 0 Å². The molecule has 0 bridgehead atoms. The lowest BCUT2D eigenvalue weighted by molar-refractivity contribution is -0.137. The number of carbonyl (C=O) groups is 2. The van der Waals surface area contributed by atoms with Crippen LogP contribution in [0.3, 0.4) is 0 Å². The predicted molar refractivity (Wildman–Crippen MR) is 87.7 cm³/mol. The van der Waals surface area contributed by atoms with Gasteiger partial charge in [0, 0.05) is 12.8 Å². The van der Waals surface area contributed by atoms with E-state index in [9.17, 15) is 9.59 Å². The molecule has 0 aliphatic rings. The Hall–Kier alpha value is -1.78. The molecule has 0 fully saturated rings. The van der Waals surface area contributed by atoms with E-state index in [4.69, 9.17) is 13.9 Å². The summed E-state index contributed by atoms with van der Waals surface area (Å²) < 4.78 is 16.2. The lowest BCUT2D eigenvalue weighted by Crippen LogP contribution is -2.12. The van der Waals surface area contributed by atoms with Gasteiger partial charge in [-0.25, -0.2) is 0 Å². The summed E-state index contributed by atoms with van der Waals surface area (Å²) in [5.74, 6) is 0.697. The highest BCUT2D eigenvalue weighted by atomic mass is 16.6. The summed E-state index contributed by atoms with van der Waals surface area (Å²) in [5, 5.41) is 0. The zero-order valence-corrected chi connectivity index (χ0v) is 14.7. The van der Waals surface area contributed by atoms with E-state index >= 15 is 0 Å². The van der Waals surface area contributed by atoms with Gasteiger partial charge in [0.2, 0.25) is 11.5 Å². The zero-order chi connectivity index (χ0) is 17.2. The van der Waals surface area contributed by atoms with Crippen LogP contribution in [0.1, 0.15) is 76.7 Å². The van der Waals surface area contributed by atoms with E-state index < -0.39 is 0 Å². The van der Waals surface area contributed by atoms with E-state index in [0.29, 0.717) is 24.4 Å². The van der Waals surface area contributed by atoms with Crippen molar-refractivity contribution < 1.29 is 23.5 Å². The molecule has 0 atom stereocenters. The zero-order valence-electron chi connectivity index (χ0n) is 14.7. The molecule has 0 aromatic carbocycles. The maximum absolute atomic E-state index is 11.9. The fourth-order valence-corrected chi connectivity index (χ4v) is 2.25. The minimum atomic E-state index is -0.328. The molecule has 5 nitrogen and oxygen atoms in total. The highest BCUT2D eigenvalue weighted by Gasteiger charge is 2.23. The molecule has 1 aromatic heterocycles. The molecule has 5 heteroatoms. The van der Waals surface area contributed by atoms with Gasteiger partial charge in [-0.15, -0.1) is 0 Å². The van der Waals surface area contributed by atoms with Crippen LogP contribution in [0, 0.1) is 13.8 Å². The third kappa shape index (κ3) is 6.47. The second-order valence-corrected chi connectivity index (χ2v) is 5.74. The maximum atomic E-state index is 11.9. The van der Waals surface area contributed by atoms with Gasteiger partial charge in [-0.2, -0.15) is 0 Å². The molecule has 1 rings (SSSR count). The lowest BCUT2D eigenvalue weighted by atomic mass is 10.2. The fraction of sp³-hybridized carbons (Fsp3) is 0.667. The largest absolute Gasteiger partial charge is 0.459 e. The minimum absolute atomic E-state index is 0.229. The van der Waals surface area contributed by atoms with E-state index in [-0.39, 0.29) is 23.4 Å². The Labute approximate surface area is 138 Å². The van der Waals surface area contributed by atoms with Crippen LogP contribution >= 0.6 is 0 Å². The third-order valence-corrected chi connectivity index (χ3v) is 3.55. The number of carbonyl (C=O) groups excluding carboxylic acids is 2. The highest BCUT2D eigenvalue weighted by Crippen LogP contribution is 2.38. The normalized spacial score (nSPS) is 10.6. The molecule has 0 unspecified atom stereocenters. The summed E-state index contributed by atoms with van der Waals surface area (Å²) in [4.78, 5) is 23.8. The number of esters is 2. The van der Waals surface area contributed by atoms with Gasteiger partial charge in [0.05, 0.1) is 0 Å². The van der Waals surface area contributed by atoms with Gasteiger partial charge >= 0.3 is 11.9 Å². The van der Waals surface area contributed by atoms with Crippen LogP contribution in [0.5, 0.6) is 11.5 Å². The predicted octanol–water partition coefficient (Wildman–Crippen LogP) is 4.87. The van der Waals surface area contributed by atoms with Crippen LogP contribution in [0.2, 0.25) is 0 Å². The van der Waals surface area contributed by atoms with E-state index in [2.05, 4.69) is 13.8 Å². The Kier molecular flexibility index (Phi) is 8.45. The molecular formula is C18H28O5. The molecule has 1 heterocycles. The van der Waals surface area contributed by atoms with Crippen LogP contribution in [0.4, 0.5) is 0 Å². The average Bonchev–Trinajstić information content (AvgIpc) is 2.75. The lowest BCUT2D eigenvalue weighted by Gasteiger charge is -2.07. The number of rotatable bonds is 10. The van der Waals surface area contributed by atoms with Crippen molar-refractivity contribution in [3.05, 3.63) is 11.5 Å². The number of hydrogen-bond acceptors (Lipinski definition) is 5. The number of unbranched alkanes of at least 4 members (excludes halogenated alkanes) is 4. The smallest absolute Gasteiger partial charge is 0.311 e. The Morgan fingerprint density at radius 2 is 1.17 bits per heavy atom. The Morgan fingerprint density at radius 3 is 1.52 bits per heavy atom. The van der Waals surface area contributed by atoms with Gasteiger partial charge in [-0.1, -0.05) is 39.5 Å². The van der Waals surface area contributed by atoms with Gasteiger partial charge in [-0.05, 0) is 26.7 Å². The van der Waals surface area contributed by atoms with Crippen LogP contribution < -0.4 is 9.47 Å². The summed E-state index contributed by atoms with van der Waals surface area (Å²) in [6.07, 6.45) is 6.32. The summed E-state index contributed by atoms with van der Waals surface area (Å²) in [6, 6.07) is 0. The average molecular weight is 324 g/mol. The second kappa shape index (κ2) is 10.1. The molecular weight excluding hydrogens is 296 g/mol. The van der Waals surface area contributed by atoms with Crippen molar-refractivity contribution in [1.29, 1.82) is 0 Å². The first-order chi connectivity index (χ1) is 11.0. The van der Waals surface area contributed by atoms with Gasteiger partial charge in [0.15, 0.2) is 0 Å². The van der Waals surface area contributed by atoms with Crippen molar-refractivity contribution >= 4 is 11.9 Å². The van der Waals surface area contributed by atoms with Crippen molar-refractivity contribution in [2.75, 3.05) is 0 Å². The minimum Gasteiger partial charge on any atom is -0.459 e. The molecule has 0 radical (unpaired) electrons. The molecule has 0 amide bonds. The Balaban J connectivity index is 2.69. The summed E-state index contributed by atoms with van der Waals surface area (Å²) in [6.45, 7) is 7.53. The van der Waals surface area contributed by atoms with Crippen molar-refractivity contribution in [3.8, 4) is 11.5 Å². The first kappa shape index (κ1) is 19.3. The van der Waals surface area contributed by atoms with Crippen molar-refractivity contribution in [2.45, 2.75) is 79.1 Å². The summed E-state index contributed by atoms with van der Waals surface area (Å²) in [5.41, 5.74) is 0. The van der Waals surface area contributed by atoms with Crippen LogP contribution in [0.15, 0.2) is 4.42 Å². The number of hydrogen-bond donors (Lipinski definition) is 0. The Bertz CT molecular complexity index is 471. The number of aryl methyl sites for hydroxylation is 2. The molecule has 0 saturated carbocycles. The quantitative estimate of drug-likeness (QED) is 0.454. The molecule has 130 valence electrons. The van der Waals surface area contributed by atoms with Gasteiger partial charge in [0.1, 0.15) is 11.5 Å². The molecule has 23 heavy (non-hydrogen) atoms. The molecule has 0 saturated heterocycles. The molecule has 0 aliphatic heterocycles. The third-order valence-electron chi connectivity index (χ3n) is 3.55. The summed E-state index contributed by atoms with van der Waals surface area (Å²) >= 11 is 0. The number of ether oxygens (including phenoxy) is 2. The highest BCUT2D eigenvalue weighted by molar-refractivity contribution is 5.77. The molecule has 0 spiro atoms. The van der Waals surface area contributed by atoms with Crippen molar-refractivity contribution in [1.82, 2.24) is 0 Å². The monoisotopic (exact) mass is 324 g/mol. The van der Waals surface area contributed by atoms with Crippen LogP contribution in [-0.2, 0) is 9.59 Å². The topological polar surface area (TPSA) is 65.7 Å². The first-order valence-corrected chi connectivity index (χ1v) is 8.50. The Morgan fingerprint density at radius 1 is 0.783 bits per heavy atom. The van der Waals surface area contributed by atoms with E-state index in [1.165, 1.54) is 0 Å². The maximum Gasteiger partial charge on any atom is 0.311 e. The van der Waals surface area contributed by atoms with Crippen LogP contribution in [-0.4, -0.2) is 11.9 Å². The van der Waals surface area contributed by atoms with Crippen LogP contribution in [0.25, 0.3) is 0 Å². The molecule has 1 aromatic rings. The molecule has 0 N–H and O–H groups in total. The van der Waals surface area contributed by atoms with Crippen molar-refractivity contribution in [2.24, 2.45) is 0 Å². The summed E-state index contributed by atoms with van der Waals surface area (Å²) in [7, 11) is 0. The standard InChI is InChI=1S/C18H28O5/c1-5-7-9-11-15(19)22-17-13(3)21-14(4)18(17)23-16(20)12-10-8-6-2/h5-12H2,1-4H3. The van der Waals surface area contributed by atoms with E-state index in [0.717, 1.165) is 38.5 Å². The first-order valence-electron chi connectivity index (χ1n) is 8.50. The molecule has 0 aliphatic carbocycles. The fourth-order valence-electron chi connectivity index (χ4n) is 2.25. The van der Waals surface area contributed by atoms with E-state index in [1.807, 2.05) is 0 Å². The second-order valence-electron chi connectivity index (χ2n) is 5.74. The number of furan rings is 1. The van der Waals surface area contributed by atoms with Gasteiger partial charge in [0.25, 0.3) is 0 Å². The van der Waals surface area contributed by atoms with E-state index in [1.54, 1.807) is 13.8 Å². The van der Waals surface area contributed by atoms with Gasteiger partial charge < -0.3 is 13.9 Å². The SMILES string of the molecule is CCCCCC(=O)Oc1c(C)oc(C)c1OC(=O)CCCCC. The van der Waals surface area contributed by atoms with Gasteiger partial charge in [-0.3, -0.25) is 9.59 Å².